The molecule has 0 atom stereocenters. The summed E-state index contributed by atoms with van der Waals surface area (Å²) in [6.45, 7) is 1.72. The predicted molar refractivity (Wildman–Crippen MR) is 58.6 cm³/mol. The second kappa shape index (κ2) is 3.66. The van der Waals surface area contributed by atoms with Crippen molar-refractivity contribution in [3.8, 4) is 5.75 Å². The molecular formula is C11H14N2O3. The van der Waals surface area contributed by atoms with Gasteiger partial charge in [0, 0.05) is 24.8 Å². The first kappa shape index (κ1) is 10.7. The third-order valence-corrected chi connectivity index (χ3v) is 2.79. The molecule has 5 nitrogen and oxygen atoms in total. The number of aryl methyl sites for hydroxylation is 1. The van der Waals surface area contributed by atoms with Crippen molar-refractivity contribution in [2.45, 2.75) is 25.8 Å². The lowest BCUT2D eigenvalue weighted by Crippen LogP contribution is -2.30. The predicted octanol–water partition coefficient (Wildman–Crippen LogP) is 0.292. The maximum absolute atomic E-state index is 11.8. The van der Waals surface area contributed by atoms with Crippen LogP contribution in [0.1, 0.15) is 29.0 Å². The summed E-state index contributed by atoms with van der Waals surface area (Å²) in [5.41, 5.74) is 0.164. The fraction of sp³-hybridized carbons (Fsp3) is 0.455. The summed E-state index contributed by atoms with van der Waals surface area (Å²) in [6.07, 6.45) is 1.93. The van der Waals surface area contributed by atoms with E-state index in [2.05, 4.69) is 5.32 Å². The molecule has 0 radical (unpaired) electrons. The van der Waals surface area contributed by atoms with Gasteiger partial charge in [0.15, 0.2) is 11.4 Å². The van der Waals surface area contributed by atoms with Crippen LogP contribution in [0.5, 0.6) is 5.75 Å². The molecule has 1 heterocycles. The summed E-state index contributed by atoms with van der Waals surface area (Å²) >= 11 is 0. The zero-order valence-electron chi connectivity index (χ0n) is 9.28. The number of aromatic hydroxyl groups is 1. The van der Waals surface area contributed by atoms with E-state index in [9.17, 15) is 14.7 Å². The second-order valence-corrected chi connectivity index (χ2v) is 4.15. The lowest BCUT2D eigenvalue weighted by atomic mass is 10.2. The molecule has 16 heavy (non-hydrogen) atoms. The Kier molecular flexibility index (Phi) is 2.46. The zero-order valence-corrected chi connectivity index (χ0v) is 9.28. The molecule has 1 aliphatic rings. The molecule has 0 aliphatic heterocycles. The molecule has 2 N–H and O–H groups in total. The van der Waals surface area contributed by atoms with E-state index in [4.69, 9.17) is 0 Å². The van der Waals surface area contributed by atoms with Crippen LogP contribution < -0.4 is 10.7 Å². The van der Waals surface area contributed by atoms with Gasteiger partial charge in [0.05, 0.1) is 0 Å². The van der Waals surface area contributed by atoms with Crippen molar-refractivity contribution in [2.75, 3.05) is 0 Å². The van der Waals surface area contributed by atoms with Crippen molar-refractivity contribution in [1.29, 1.82) is 0 Å². The number of hydrogen-bond donors (Lipinski definition) is 2. The fourth-order valence-electron chi connectivity index (χ4n) is 1.55. The SMILES string of the molecule is Cc1cc(=O)c(O)c(C(=O)NC2CC2)n1C. The van der Waals surface area contributed by atoms with Crippen molar-refractivity contribution in [3.63, 3.8) is 0 Å². The average Bonchev–Trinajstić information content (AvgIpc) is 2.99. The van der Waals surface area contributed by atoms with Gasteiger partial charge in [0.1, 0.15) is 0 Å². The van der Waals surface area contributed by atoms with Gasteiger partial charge in [0.2, 0.25) is 5.43 Å². The van der Waals surface area contributed by atoms with E-state index in [0.717, 1.165) is 12.8 Å². The highest BCUT2D eigenvalue weighted by Gasteiger charge is 2.26. The number of carbonyl (C=O) groups excluding carboxylic acids is 1. The molecule has 1 aliphatic carbocycles. The lowest BCUT2D eigenvalue weighted by Gasteiger charge is -2.12. The highest BCUT2D eigenvalue weighted by molar-refractivity contribution is 5.95. The van der Waals surface area contributed by atoms with Crippen LogP contribution in [0, 0.1) is 6.92 Å². The molecule has 5 heteroatoms. The van der Waals surface area contributed by atoms with Crippen molar-refractivity contribution in [3.05, 3.63) is 27.7 Å². The molecule has 2 rings (SSSR count). The van der Waals surface area contributed by atoms with Gasteiger partial charge < -0.3 is 15.0 Å². The lowest BCUT2D eigenvalue weighted by molar-refractivity contribution is 0.0938. The van der Waals surface area contributed by atoms with E-state index >= 15 is 0 Å². The van der Waals surface area contributed by atoms with Gasteiger partial charge in [-0.1, -0.05) is 0 Å². The third kappa shape index (κ3) is 1.80. The Morgan fingerprint density at radius 3 is 2.75 bits per heavy atom. The summed E-state index contributed by atoms with van der Waals surface area (Å²) < 4.78 is 1.52. The van der Waals surface area contributed by atoms with Crippen LogP contribution in [0.4, 0.5) is 0 Å². The number of carbonyl (C=O) groups is 1. The summed E-state index contributed by atoms with van der Waals surface area (Å²) in [4.78, 5) is 23.2. The van der Waals surface area contributed by atoms with Crippen LogP contribution in [0.15, 0.2) is 10.9 Å². The number of pyridine rings is 1. The smallest absolute Gasteiger partial charge is 0.272 e. The molecule has 1 aromatic heterocycles. The topological polar surface area (TPSA) is 71.3 Å². The number of rotatable bonds is 2. The molecular weight excluding hydrogens is 208 g/mol. The maximum Gasteiger partial charge on any atom is 0.272 e. The highest BCUT2D eigenvalue weighted by Crippen LogP contribution is 2.20. The van der Waals surface area contributed by atoms with Crippen molar-refractivity contribution in [2.24, 2.45) is 7.05 Å². The first-order valence-corrected chi connectivity index (χ1v) is 5.21. The number of nitrogens with one attached hydrogen (secondary N) is 1. The van der Waals surface area contributed by atoms with Gasteiger partial charge in [-0.25, -0.2) is 0 Å². The van der Waals surface area contributed by atoms with E-state index in [1.165, 1.54) is 10.6 Å². The molecule has 86 valence electrons. The van der Waals surface area contributed by atoms with Gasteiger partial charge >= 0.3 is 0 Å². The van der Waals surface area contributed by atoms with Crippen LogP contribution in [0.2, 0.25) is 0 Å². The fourth-order valence-corrected chi connectivity index (χ4v) is 1.55. The first-order chi connectivity index (χ1) is 7.50. The molecule has 0 spiro atoms. The number of amides is 1. The summed E-state index contributed by atoms with van der Waals surface area (Å²) in [6, 6.07) is 1.51. The molecule has 0 saturated heterocycles. The van der Waals surface area contributed by atoms with Crippen LogP contribution >= 0.6 is 0 Å². The van der Waals surface area contributed by atoms with Crippen molar-refractivity contribution >= 4 is 5.91 Å². The van der Waals surface area contributed by atoms with Crippen LogP contribution in [-0.2, 0) is 7.05 Å². The number of nitrogens with zero attached hydrogens (tertiary/aromatic N) is 1. The monoisotopic (exact) mass is 222 g/mol. The molecule has 0 aromatic carbocycles. The largest absolute Gasteiger partial charge is 0.503 e. The van der Waals surface area contributed by atoms with Gasteiger partial charge in [0.25, 0.3) is 5.91 Å². The van der Waals surface area contributed by atoms with E-state index in [-0.39, 0.29) is 17.6 Å². The Morgan fingerprint density at radius 2 is 2.19 bits per heavy atom. The third-order valence-electron chi connectivity index (χ3n) is 2.79. The second-order valence-electron chi connectivity index (χ2n) is 4.15. The summed E-state index contributed by atoms with van der Waals surface area (Å²) in [5.74, 6) is -0.866. The van der Waals surface area contributed by atoms with Gasteiger partial charge in [-0.15, -0.1) is 0 Å². The van der Waals surface area contributed by atoms with Crippen molar-refractivity contribution in [1.82, 2.24) is 9.88 Å². The van der Waals surface area contributed by atoms with Gasteiger partial charge in [-0.2, -0.15) is 0 Å². The number of aromatic nitrogens is 1. The normalized spacial score (nSPS) is 14.9. The van der Waals surface area contributed by atoms with E-state index in [1.807, 2.05) is 0 Å². The highest BCUT2D eigenvalue weighted by atomic mass is 16.3. The minimum Gasteiger partial charge on any atom is -0.503 e. The maximum atomic E-state index is 11.8. The van der Waals surface area contributed by atoms with E-state index < -0.39 is 11.2 Å². The Morgan fingerprint density at radius 1 is 1.56 bits per heavy atom. The average molecular weight is 222 g/mol. The quantitative estimate of drug-likeness (QED) is 0.755. The molecule has 0 bridgehead atoms. The van der Waals surface area contributed by atoms with E-state index in [0.29, 0.717) is 5.69 Å². The molecule has 1 aromatic rings. The minimum atomic E-state index is -0.517. The van der Waals surface area contributed by atoms with Crippen molar-refractivity contribution < 1.29 is 9.90 Å². The molecule has 1 fully saturated rings. The summed E-state index contributed by atoms with van der Waals surface area (Å²) in [7, 11) is 1.65. The Hall–Kier alpha value is -1.78. The standard InChI is InChI=1S/C11H14N2O3/c1-6-5-8(14)10(15)9(13(6)2)11(16)12-7-3-4-7/h5,7,15H,3-4H2,1-2H3,(H,12,16). The van der Waals surface area contributed by atoms with Gasteiger partial charge in [-0.05, 0) is 19.8 Å². The van der Waals surface area contributed by atoms with Crippen LogP contribution in [-0.4, -0.2) is 21.6 Å². The molecule has 0 unspecified atom stereocenters. The Bertz CT molecular complexity index is 501. The van der Waals surface area contributed by atoms with E-state index in [1.54, 1.807) is 14.0 Å². The zero-order chi connectivity index (χ0) is 11.9. The Balaban J connectivity index is 2.44. The minimum absolute atomic E-state index is 0.0388. The van der Waals surface area contributed by atoms with Crippen LogP contribution in [0.25, 0.3) is 0 Å². The number of hydrogen-bond acceptors (Lipinski definition) is 3. The summed E-state index contributed by atoms with van der Waals surface area (Å²) in [5, 5.41) is 12.4. The molecule has 1 saturated carbocycles. The van der Waals surface area contributed by atoms with Gasteiger partial charge in [-0.3, -0.25) is 9.59 Å². The first-order valence-electron chi connectivity index (χ1n) is 5.21. The Labute approximate surface area is 92.7 Å². The molecule has 1 amide bonds. The van der Waals surface area contributed by atoms with Crippen LogP contribution in [0.3, 0.4) is 0 Å².